The van der Waals surface area contributed by atoms with Crippen molar-refractivity contribution >= 4 is 49.8 Å². The van der Waals surface area contributed by atoms with Gasteiger partial charge in [-0.1, -0.05) is 41.4 Å². The average Bonchev–Trinajstić information content (AvgIpc) is 2.70. The fourth-order valence-corrected chi connectivity index (χ4v) is 4.71. The minimum absolute atomic E-state index is 0.00260. The SMILES string of the molecule is Cc1nc2ccccc2c(=O)n1-c1ccc(Cl)c(NS(=O)(=O)c2cccc(Cl)c2)c1. The van der Waals surface area contributed by atoms with Crippen LogP contribution >= 0.6 is 23.2 Å². The molecule has 0 fully saturated rings. The number of aromatic nitrogens is 2. The molecule has 0 bridgehead atoms. The van der Waals surface area contributed by atoms with Gasteiger partial charge < -0.3 is 0 Å². The van der Waals surface area contributed by atoms with Crippen LogP contribution in [0, 0.1) is 6.92 Å². The molecular formula is C21H15Cl2N3O3S. The van der Waals surface area contributed by atoms with Gasteiger partial charge in [0.1, 0.15) is 5.82 Å². The summed E-state index contributed by atoms with van der Waals surface area (Å²) in [5.41, 5.74) is 0.897. The second-order valence-electron chi connectivity index (χ2n) is 6.54. The van der Waals surface area contributed by atoms with Crippen molar-refractivity contribution in [3.05, 3.63) is 93.0 Å². The van der Waals surface area contributed by atoms with Crippen molar-refractivity contribution in [2.45, 2.75) is 11.8 Å². The molecule has 1 N–H and O–H groups in total. The lowest BCUT2D eigenvalue weighted by Crippen LogP contribution is -2.22. The molecule has 0 spiro atoms. The van der Waals surface area contributed by atoms with Gasteiger partial charge in [-0.2, -0.15) is 0 Å². The molecule has 6 nitrogen and oxygen atoms in total. The quantitative estimate of drug-likeness (QED) is 0.474. The highest BCUT2D eigenvalue weighted by Crippen LogP contribution is 2.28. The second-order valence-corrected chi connectivity index (χ2v) is 9.07. The van der Waals surface area contributed by atoms with E-state index >= 15 is 0 Å². The van der Waals surface area contributed by atoms with E-state index in [9.17, 15) is 13.2 Å². The van der Waals surface area contributed by atoms with Crippen molar-refractivity contribution in [1.82, 2.24) is 9.55 Å². The standard InChI is InChI=1S/C21H15Cl2N3O3S/c1-13-24-19-8-3-2-7-17(19)21(27)26(13)15-9-10-18(23)20(12-15)25-30(28,29)16-6-4-5-14(22)11-16/h2-12,25H,1H3. The number of aryl methyl sites for hydroxylation is 1. The molecular weight excluding hydrogens is 445 g/mol. The third-order valence-electron chi connectivity index (χ3n) is 4.50. The number of para-hydroxylation sites is 1. The number of hydrogen-bond donors (Lipinski definition) is 1. The largest absolute Gasteiger partial charge is 0.278 e. The van der Waals surface area contributed by atoms with Crippen LogP contribution in [0.25, 0.3) is 16.6 Å². The average molecular weight is 460 g/mol. The second kappa shape index (κ2) is 7.75. The summed E-state index contributed by atoms with van der Waals surface area (Å²) < 4.78 is 29.4. The Morgan fingerprint density at radius 3 is 2.50 bits per heavy atom. The minimum atomic E-state index is -3.93. The Hall–Kier alpha value is -2.87. The maximum atomic E-state index is 13.0. The van der Waals surface area contributed by atoms with E-state index in [0.29, 0.717) is 27.4 Å². The summed E-state index contributed by atoms with van der Waals surface area (Å²) in [5, 5.41) is 0.935. The summed E-state index contributed by atoms with van der Waals surface area (Å²) in [6.07, 6.45) is 0. The highest BCUT2D eigenvalue weighted by Gasteiger charge is 2.18. The maximum Gasteiger partial charge on any atom is 0.265 e. The van der Waals surface area contributed by atoms with E-state index < -0.39 is 10.0 Å². The summed E-state index contributed by atoms with van der Waals surface area (Å²) in [6, 6.07) is 17.6. The number of rotatable bonds is 4. The zero-order valence-corrected chi connectivity index (χ0v) is 18.0. The van der Waals surface area contributed by atoms with E-state index in [1.807, 2.05) is 6.07 Å². The third kappa shape index (κ3) is 3.79. The lowest BCUT2D eigenvalue weighted by atomic mass is 10.2. The van der Waals surface area contributed by atoms with Crippen LogP contribution in [0.2, 0.25) is 10.0 Å². The molecule has 4 rings (SSSR count). The van der Waals surface area contributed by atoms with Crippen LogP contribution in [-0.4, -0.2) is 18.0 Å². The molecule has 0 saturated heterocycles. The van der Waals surface area contributed by atoms with Gasteiger partial charge in [0.05, 0.1) is 32.2 Å². The first-order valence-electron chi connectivity index (χ1n) is 8.83. The normalized spacial score (nSPS) is 11.6. The van der Waals surface area contributed by atoms with Crippen LogP contribution in [0.3, 0.4) is 0 Å². The predicted molar refractivity (Wildman–Crippen MR) is 119 cm³/mol. The van der Waals surface area contributed by atoms with Crippen molar-refractivity contribution in [2.24, 2.45) is 0 Å². The Morgan fingerprint density at radius 2 is 1.73 bits per heavy atom. The Morgan fingerprint density at radius 1 is 0.967 bits per heavy atom. The van der Waals surface area contributed by atoms with Gasteiger partial charge >= 0.3 is 0 Å². The lowest BCUT2D eigenvalue weighted by molar-refractivity contribution is 0.601. The van der Waals surface area contributed by atoms with Gasteiger partial charge in [0, 0.05) is 5.02 Å². The van der Waals surface area contributed by atoms with Gasteiger partial charge in [0.15, 0.2) is 0 Å². The van der Waals surface area contributed by atoms with Crippen molar-refractivity contribution in [3.63, 3.8) is 0 Å². The van der Waals surface area contributed by atoms with E-state index in [1.54, 1.807) is 43.3 Å². The van der Waals surface area contributed by atoms with E-state index in [1.165, 1.54) is 28.8 Å². The fourth-order valence-electron chi connectivity index (χ4n) is 3.12. The van der Waals surface area contributed by atoms with Crippen LogP contribution in [0.1, 0.15) is 5.82 Å². The predicted octanol–water partition coefficient (Wildman–Crippen LogP) is 4.80. The van der Waals surface area contributed by atoms with E-state index in [4.69, 9.17) is 23.2 Å². The van der Waals surface area contributed by atoms with Crippen molar-refractivity contribution in [3.8, 4) is 5.69 Å². The van der Waals surface area contributed by atoms with Crippen molar-refractivity contribution in [2.75, 3.05) is 4.72 Å². The molecule has 9 heteroatoms. The van der Waals surface area contributed by atoms with Gasteiger partial charge in [-0.15, -0.1) is 0 Å². The first kappa shape index (κ1) is 20.4. The molecule has 152 valence electrons. The topological polar surface area (TPSA) is 81.1 Å². The molecule has 0 unspecified atom stereocenters. The van der Waals surface area contributed by atoms with Crippen LogP contribution in [0.4, 0.5) is 5.69 Å². The number of fused-ring (bicyclic) bond motifs is 1. The lowest BCUT2D eigenvalue weighted by Gasteiger charge is -2.14. The number of benzene rings is 3. The smallest absolute Gasteiger partial charge is 0.265 e. The molecule has 1 aromatic heterocycles. The highest BCUT2D eigenvalue weighted by molar-refractivity contribution is 7.92. The molecule has 0 aliphatic rings. The van der Waals surface area contributed by atoms with Gasteiger partial charge in [-0.05, 0) is 55.5 Å². The minimum Gasteiger partial charge on any atom is -0.278 e. The third-order valence-corrected chi connectivity index (χ3v) is 6.43. The summed E-state index contributed by atoms with van der Waals surface area (Å²) >= 11 is 12.1. The van der Waals surface area contributed by atoms with Gasteiger partial charge in [-0.3, -0.25) is 14.1 Å². The molecule has 0 saturated carbocycles. The molecule has 0 atom stereocenters. The van der Waals surface area contributed by atoms with Crippen LogP contribution in [0.15, 0.2) is 76.4 Å². The molecule has 0 radical (unpaired) electrons. The van der Waals surface area contributed by atoms with Crippen molar-refractivity contribution in [1.29, 1.82) is 0 Å². The molecule has 4 aromatic rings. The van der Waals surface area contributed by atoms with Crippen LogP contribution in [0.5, 0.6) is 0 Å². The zero-order chi connectivity index (χ0) is 21.5. The molecule has 0 amide bonds. The van der Waals surface area contributed by atoms with E-state index in [2.05, 4.69) is 9.71 Å². The summed E-state index contributed by atoms with van der Waals surface area (Å²) in [4.78, 5) is 17.5. The first-order valence-corrected chi connectivity index (χ1v) is 11.1. The number of sulfonamides is 1. The number of hydrogen-bond acceptors (Lipinski definition) is 4. The zero-order valence-electron chi connectivity index (χ0n) is 15.6. The number of nitrogens with zero attached hydrogens (tertiary/aromatic N) is 2. The molecule has 0 aliphatic heterocycles. The number of nitrogens with one attached hydrogen (secondary N) is 1. The molecule has 3 aromatic carbocycles. The monoisotopic (exact) mass is 459 g/mol. The molecule has 1 heterocycles. The highest BCUT2D eigenvalue weighted by atomic mass is 35.5. The van der Waals surface area contributed by atoms with Crippen molar-refractivity contribution < 1.29 is 8.42 Å². The summed E-state index contributed by atoms with van der Waals surface area (Å²) in [7, 11) is -3.93. The first-order chi connectivity index (χ1) is 14.3. The Labute approximate surface area is 182 Å². The number of halogens is 2. The Kier molecular flexibility index (Phi) is 5.27. The molecule has 0 aliphatic carbocycles. The Balaban J connectivity index is 1.82. The van der Waals surface area contributed by atoms with Crippen LogP contribution in [-0.2, 0) is 10.0 Å². The Bertz CT molecular complexity index is 1450. The van der Waals surface area contributed by atoms with E-state index in [0.717, 1.165) is 0 Å². The summed E-state index contributed by atoms with van der Waals surface area (Å²) in [6.45, 7) is 1.71. The van der Waals surface area contributed by atoms with Gasteiger partial charge in [0.2, 0.25) is 0 Å². The molecule has 30 heavy (non-hydrogen) atoms. The van der Waals surface area contributed by atoms with E-state index in [-0.39, 0.29) is 21.2 Å². The van der Waals surface area contributed by atoms with Gasteiger partial charge in [-0.25, -0.2) is 13.4 Å². The fraction of sp³-hybridized carbons (Fsp3) is 0.0476. The summed E-state index contributed by atoms with van der Waals surface area (Å²) in [5.74, 6) is 0.463. The number of anilines is 1. The van der Waals surface area contributed by atoms with Crippen LogP contribution < -0.4 is 10.3 Å². The van der Waals surface area contributed by atoms with Gasteiger partial charge in [0.25, 0.3) is 15.6 Å². The maximum absolute atomic E-state index is 13.0.